The van der Waals surface area contributed by atoms with Crippen LogP contribution in [0.4, 0.5) is 5.82 Å². The Morgan fingerprint density at radius 2 is 1.82 bits per heavy atom. The van der Waals surface area contributed by atoms with Gasteiger partial charge in [-0.1, -0.05) is 6.07 Å². The molecule has 5 aromatic heterocycles. The van der Waals surface area contributed by atoms with E-state index in [4.69, 9.17) is 10.7 Å². The molecule has 1 fully saturated rings. The Bertz CT molecular complexity index is 1750. The number of nitrogen functional groups attached to an aromatic ring is 1. The first kappa shape index (κ1) is 25.2. The van der Waals surface area contributed by atoms with Crippen LogP contribution in [0.2, 0.25) is 0 Å². The largest absolute Gasteiger partial charge is 0.505 e. The first-order valence-electron chi connectivity index (χ1n) is 12.9. The van der Waals surface area contributed by atoms with E-state index in [-0.39, 0.29) is 34.9 Å². The van der Waals surface area contributed by atoms with Gasteiger partial charge in [0.15, 0.2) is 17.1 Å². The van der Waals surface area contributed by atoms with Crippen LogP contribution in [0, 0.1) is 0 Å². The molecule has 12 heteroatoms. The highest BCUT2D eigenvalue weighted by atomic mass is 16.3. The summed E-state index contributed by atoms with van der Waals surface area (Å²) in [5, 5.41) is 18.7. The third-order valence-corrected chi connectivity index (χ3v) is 7.30. The van der Waals surface area contributed by atoms with Gasteiger partial charge in [-0.15, -0.1) is 0 Å². The summed E-state index contributed by atoms with van der Waals surface area (Å²) in [6, 6.07) is 6.87. The van der Waals surface area contributed by atoms with Gasteiger partial charge in [-0.3, -0.25) is 19.3 Å². The zero-order valence-electron chi connectivity index (χ0n) is 22.0. The normalized spacial score (nSPS) is 14.1. The second-order valence-corrected chi connectivity index (χ2v) is 9.88. The summed E-state index contributed by atoms with van der Waals surface area (Å²) in [6.45, 7) is 2.32. The molecule has 0 saturated carbocycles. The van der Waals surface area contributed by atoms with Crippen LogP contribution in [0.5, 0.6) is 5.75 Å². The summed E-state index contributed by atoms with van der Waals surface area (Å²) in [7, 11) is 1.85. The summed E-state index contributed by atoms with van der Waals surface area (Å²) in [5.74, 6) is -0.536. The highest BCUT2D eigenvalue weighted by molar-refractivity contribution is 6.00. The topological polar surface area (TPSA) is 157 Å². The number of Topliss-reactive ketones (excluding diaryl/α,β-unsaturated/α-hetero) is 1. The smallest absolute Gasteiger partial charge is 0.276 e. The van der Waals surface area contributed by atoms with Crippen molar-refractivity contribution in [3.8, 4) is 28.1 Å². The van der Waals surface area contributed by atoms with Gasteiger partial charge in [-0.2, -0.15) is 14.7 Å². The molecule has 1 aliphatic heterocycles. The van der Waals surface area contributed by atoms with Crippen molar-refractivity contribution in [3.63, 3.8) is 0 Å². The summed E-state index contributed by atoms with van der Waals surface area (Å²) in [6.07, 6.45) is 9.72. The molecule has 1 saturated heterocycles. The quantitative estimate of drug-likeness (QED) is 0.321. The molecule has 40 heavy (non-hydrogen) atoms. The molecule has 0 aliphatic carbocycles. The number of hydrogen-bond acceptors (Lipinski definition) is 9. The first-order valence-corrected chi connectivity index (χ1v) is 12.9. The lowest BCUT2D eigenvalue weighted by atomic mass is 9.89. The molecule has 0 unspecified atom stereocenters. The van der Waals surface area contributed by atoms with E-state index < -0.39 is 0 Å². The van der Waals surface area contributed by atoms with Crippen LogP contribution in [0.3, 0.4) is 0 Å². The first-order chi connectivity index (χ1) is 19.3. The van der Waals surface area contributed by atoms with Crippen molar-refractivity contribution < 1.29 is 14.7 Å². The molecule has 0 bridgehead atoms. The zero-order valence-corrected chi connectivity index (χ0v) is 22.0. The zero-order chi connectivity index (χ0) is 28.0. The van der Waals surface area contributed by atoms with E-state index in [1.54, 1.807) is 34.2 Å². The number of aryl methyl sites for hydroxylation is 1. The number of nitrogens with zero attached hydrogens (tertiary/aromatic N) is 8. The minimum atomic E-state index is -0.327. The third-order valence-electron chi connectivity index (χ3n) is 7.30. The number of rotatable bonds is 5. The average Bonchev–Trinajstić information content (AvgIpc) is 3.59. The second-order valence-electron chi connectivity index (χ2n) is 9.88. The Morgan fingerprint density at radius 1 is 1.02 bits per heavy atom. The van der Waals surface area contributed by atoms with Gasteiger partial charge in [0.2, 0.25) is 0 Å². The maximum Gasteiger partial charge on any atom is 0.276 e. The predicted octanol–water partition coefficient (Wildman–Crippen LogP) is 3.10. The Morgan fingerprint density at radius 3 is 2.48 bits per heavy atom. The fourth-order valence-corrected chi connectivity index (χ4v) is 5.24. The predicted molar refractivity (Wildman–Crippen MR) is 147 cm³/mol. The Balaban J connectivity index is 1.32. The van der Waals surface area contributed by atoms with Gasteiger partial charge in [-0.25, -0.2) is 9.97 Å². The lowest BCUT2D eigenvalue weighted by Gasteiger charge is -2.32. The number of hydrogen-bond donors (Lipinski definition) is 2. The number of likely N-dealkylation sites (tertiary alicyclic amines) is 1. The average molecular weight is 538 g/mol. The molecule has 1 amide bonds. The van der Waals surface area contributed by atoms with Gasteiger partial charge in [0.1, 0.15) is 11.6 Å². The van der Waals surface area contributed by atoms with Crippen LogP contribution in [0.1, 0.15) is 52.2 Å². The summed E-state index contributed by atoms with van der Waals surface area (Å²) in [4.78, 5) is 40.9. The number of carbonyl (C=O) groups is 2. The molecule has 1 aliphatic rings. The van der Waals surface area contributed by atoms with Crippen molar-refractivity contribution in [1.29, 1.82) is 0 Å². The highest BCUT2D eigenvalue weighted by Crippen LogP contribution is 2.35. The molecule has 6 rings (SSSR count). The molecule has 202 valence electrons. The number of fused-ring (bicyclic) bond motifs is 1. The molecular formula is C28H27N9O3. The van der Waals surface area contributed by atoms with Crippen LogP contribution >= 0.6 is 0 Å². The lowest BCUT2D eigenvalue weighted by molar-refractivity contribution is 0.0701. The van der Waals surface area contributed by atoms with E-state index in [1.807, 2.05) is 25.4 Å². The van der Waals surface area contributed by atoms with E-state index in [9.17, 15) is 14.7 Å². The van der Waals surface area contributed by atoms with Gasteiger partial charge in [-0.05, 0) is 38.0 Å². The van der Waals surface area contributed by atoms with Gasteiger partial charge in [0.05, 0.1) is 29.3 Å². The summed E-state index contributed by atoms with van der Waals surface area (Å²) < 4.78 is 3.22. The second kappa shape index (κ2) is 9.88. The van der Waals surface area contributed by atoms with Gasteiger partial charge in [0, 0.05) is 61.3 Å². The summed E-state index contributed by atoms with van der Waals surface area (Å²) in [5.41, 5.74) is 11.3. The van der Waals surface area contributed by atoms with Crippen LogP contribution in [0.25, 0.3) is 28.0 Å². The number of aromatic nitrogens is 7. The van der Waals surface area contributed by atoms with Crippen molar-refractivity contribution in [2.75, 3.05) is 18.8 Å². The van der Waals surface area contributed by atoms with Crippen LogP contribution in [-0.2, 0) is 7.05 Å². The lowest BCUT2D eigenvalue weighted by Crippen LogP contribution is -2.38. The van der Waals surface area contributed by atoms with Crippen molar-refractivity contribution in [2.45, 2.75) is 25.7 Å². The van der Waals surface area contributed by atoms with E-state index in [2.05, 4.69) is 20.2 Å². The standard InChI is InChI=1S/C28H27N9O3/c1-16(38)23-24(17-7-10-36(11-8-17)28(40)25-22(39)4-3-9-30-25)34-27-20(14-33-37(27)26(23)29)18-5-6-21(31-12-18)19-13-32-35(2)15-19/h3-6,9,12-15,17,39H,7-8,10-11,29H2,1-2H3. The van der Waals surface area contributed by atoms with E-state index >= 15 is 0 Å². The fourth-order valence-electron chi connectivity index (χ4n) is 5.24. The summed E-state index contributed by atoms with van der Waals surface area (Å²) >= 11 is 0. The SMILES string of the molecule is CC(=O)c1c(C2CCN(C(=O)c3ncccc3O)CC2)nc2c(-c3ccc(-c4cnn(C)c4)nc3)cnn2c1N. The highest BCUT2D eigenvalue weighted by Gasteiger charge is 2.31. The number of aromatic hydroxyl groups is 1. The molecule has 6 heterocycles. The molecule has 0 aromatic carbocycles. The van der Waals surface area contributed by atoms with E-state index in [0.29, 0.717) is 42.8 Å². The Hall–Kier alpha value is -5.13. The number of amides is 1. The van der Waals surface area contributed by atoms with Crippen LogP contribution in [0.15, 0.2) is 55.2 Å². The molecular weight excluding hydrogens is 510 g/mol. The number of carbonyl (C=O) groups excluding carboxylic acids is 2. The molecule has 0 radical (unpaired) electrons. The molecule has 0 spiro atoms. The number of pyridine rings is 2. The van der Waals surface area contributed by atoms with E-state index in [1.165, 1.54) is 23.7 Å². The number of piperidine rings is 1. The third kappa shape index (κ3) is 4.32. The number of anilines is 1. The van der Waals surface area contributed by atoms with Crippen LogP contribution < -0.4 is 5.73 Å². The van der Waals surface area contributed by atoms with Crippen molar-refractivity contribution >= 4 is 23.2 Å². The minimum Gasteiger partial charge on any atom is -0.505 e. The number of nitrogens with two attached hydrogens (primary N) is 1. The van der Waals surface area contributed by atoms with Crippen molar-refractivity contribution in [3.05, 3.63) is 72.2 Å². The minimum absolute atomic E-state index is 0.0289. The maximum atomic E-state index is 12.9. The molecule has 5 aromatic rings. The fraction of sp³-hybridized carbons (Fsp3) is 0.250. The van der Waals surface area contributed by atoms with Crippen molar-refractivity contribution in [2.24, 2.45) is 7.05 Å². The Labute approximate surface area is 229 Å². The number of ketones is 1. The Kier molecular flexibility index (Phi) is 6.21. The van der Waals surface area contributed by atoms with Gasteiger partial charge >= 0.3 is 0 Å². The molecule has 12 nitrogen and oxygen atoms in total. The monoisotopic (exact) mass is 537 g/mol. The van der Waals surface area contributed by atoms with Crippen LogP contribution in [-0.4, -0.2) is 69.1 Å². The van der Waals surface area contributed by atoms with E-state index in [0.717, 1.165) is 22.4 Å². The maximum absolute atomic E-state index is 12.9. The van der Waals surface area contributed by atoms with Gasteiger partial charge in [0.25, 0.3) is 5.91 Å². The molecule has 0 atom stereocenters. The van der Waals surface area contributed by atoms with Crippen molar-refractivity contribution in [1.82, 2.24) is 39.2 Å². The van der Waals surface area contributed by atoms with Gasteiger partial charge < -0.3 is 15.7 Å². The molecule has 3 N–H and O–H groups in total.